The van der Waals surface area contributed by atoms with Gasteiger partial charge in [-0.1, -0.05) is 0 Å². The Morgan fingerprint density at radius 3 is 2.47 bits per heavy atom. The molecule has 0 unspecified atom stereocenters. The van der Waals surface area contributed by atoms with Crippen LogP contribution in [0.4, 0.5) is 5.82 Å². The highest BCUT2D eigenvalue weighted by Gasteiger charge is 2.41. The van der Waals surface area contributed by atoms with E-state index >= 15 is 0 Å². The van der Waals surface area contributed by atoms with Gasteiger partial charge in [-0.15, -0.1) is 0 Å². The fourth-order valence-corrected chi connectivity index (χ4v) is 4.28. The number of piperazine rings is 1. The first kappa shape index (κ1) is 12.8. The van der Waals surface area contributed by atoms with Crippen molar-refractivity contribution < 1.29 is 8.42 Å². The summed E-state index contributed by atoms with van der Waals surface area (Å²) >= 11 is 0. The van der Waals surface area contributed by atoms with Gasteiger partial charge in [-0.25, -0.2) is 18.4 Å². The van der Waals surface area contributed by atoms with Crippen LogP contribution in [0.25, 0.3) is 0 Å². The third-order valence-electron chi connectivity index (χ3n) is 3.71. The van der Waals surface area contributed by atoms with E-state index in [9.17, 15) is 8.42 Å². The van der Waals surface area contributed by atoms with Crippen LogP contribution in [-0.2, 0) is 10.0 Å². The van der Waals surface area contributed by atoms with Crippen LogP contribution in [0.2, 0.25) is 0 Å². The molecule has 1 saturated carbocycles. The minimum absolute atomic E-state index is 0.111. The Labute approximate surface area is 113 Å². The van der Waals surface area contributed by atoms with Crippen molar-refractivity contribution in [1.29, 1.82) is 0 Å². The van der Waals surface area contributed by atoms with Crippen LogP contribution >= 0.6 is 0 Å². The second-order valence-corrected chi connectivity index (χ2v) is 7.37. The van der Waals surface area contributed by atoms with Crippen LogP contribution in [0.5, 0.6) is 0 Å². The van der Waals surface area contributed by atoms with Gasteiger partial charge in [-0.2, -0.15) is 4.31 Å². The van der Waals surface area contributed by atoms with Crippen LogP contribution < -0.4 is 4.90 Å². The van der Waals surface area contributed by atoms with Gasteiger partial charge in [0.05, 0.1) is 5.25 Å². The molecule has 1 aliphatic heterocycles. The van der Waals surface area contributed by atoms with E-state index in [1.165, 1.54) is 6.33 Å². The highest BCUT2D eigenvalue weighted by molar-refractivity contribution is 7.90. The van der Waals surface area contributed by atoms with Gasteiger partial charge in [-0.05, 0) is 19.8 Å². The van der Waals surface area contributed by atoms with Gasteiger partial charge < -0.3 is 4.90 Å². The number of aryl methyl sites for hydroxylation is 1. The minimum Gasteiger partial charge on any atom is -0.354 e. The van der Waals surface area contributed by atoms with Crippen molar-refractivity contribution >= 4 is 15.8 Å². The molecule has 0 spiro atoms. The largest absolute Gasteiger partial charge is 0.354 e. The Hall–Kier alpha value is -1.21. The van der Waals surface area contributed by atoms with Crippen molar-refractivity contribution in [2.75, 3.05) is 31.1 Å². The third kappa shape index (κ3) is 2.44. The number of hydrogen-bond acceptors (Lipinski definition) is 5. The number of anilines is 1. The molecule has 1 aliphatic carbocycles. The minimum atomic E-state index is -3.03. The lowest BCUT2D eigenvalue weighted by molar-refractivity contribution is 0.383. The van der Waals surface area contributed by atoms with Gasteiger partial charge in [0.15, 0.2) is 0 Å². The molecule has 3 rings (SSSR count). The van der Waals surface area contributed by atoms with Gasteiger partial charge in [0.2, 0.25) is 10.0 Å². The summed E-state index contributed by atoms with van der Waals surface area (Å²) in [6.07, 6.45) is 4.98. The summed E-state index contributed by atoms with van der Waals surface area (Å²) in [6, 6.07) is 0. The van der Waals surface area contributed by atoms with Crippen LogP contribution in [0.1, 0.15) is 18.4 Å². The summed E-state index contributed by atoms with van der Waals surface area (Å²) in [5.74, 6) is 0.915. The normalized spacial score (nSPS) is 21.6. The Morgan fingerprint density at radius 2 is 1.89 bits per heavy atom. The molecule has 0 radical (unpaired) electrons. The highest BCUT2D eigenvalue weighted by atomic mass is 32.2. The molecule has 2 heterocycles. The molecule has 104 valence electrons. The first-order chi connectivity index (χ1) is 9.09. The van der Waals surface area contributed by atoms with Crippen molar-refractivity contribution in [3.8, 4) is 0 Å². The van der Waals surface area contributed by atoms with Gasteiger partial charge >= 0.3 is 0 Å². The zero-order valence-corrected chi connectivity index (χ0v) is 11.8. The monoisotopic (exact) mass is 282 g/mol. The maximum absolute atomic E-state index is 12.1. The fraction of sp³-hybridized carbons (Fsp3) is 0.667. The SMILES string of the molecule is Cc1cncnc1N1CCN(S(=O)(=O)C2CC2)CC1. The smallest absolute Gasteiger partial charge is 0.217 e. The Kier molecular flexibility index (Phi) is 3.18. The van der Waals surface area contributed by atoms with Gasteiger partial charge in [-0.3, -0.25) is 0 Å². The maximum atomic E-state index is 12.1. The molecule has 2 aliphatic rings. The number of sulfonamides is 1. The van der Waals surface area contributed by atoms with Crippen molar-refractivity contribution in [3.63, 3.8) is 0 Å². The molecule has 0 atom stereocenters. The number of hydrogen-bond donors (Lipinski definition) is 0. The van der Waals surface area contributed by atoms with E-state index in [0.717, 1.165) is 24.2 Å². The van der Waals surface area contributed by atoms with Crippen molar-refractivity contribution in [2.24, 2.45) is 0 Å². The molecule has 1 aromatic rings. The Balaban J connectivity index is 1.68. The predicted octanol–water partition coefficient (Wildman–Crippen LogP) is 0.399. The van der Waals surface area contributed by atoms with E-state index in [4.69, 9.17) is 0 Å². The topological polar surface area (TPSA) is 66.4 Å². The third-order valence-corrected chi connectivity index (χ3v) is 6.11. The average molecular weight is 282 g/mol. The average Bonchev–Trinajstić information content (AvgIpc) is 3.24. The lowest BCUT2D eigenvalue weighted by Gasteiger charge is -2.35. The van der Waals surface area contributed by atoms with Gasteiger partial charge in [0.25, 0.3) is 0 Å². The van der Waals surface area contributed by atoms with Gasteiger partial charge in [0.1, 0.15) is 12.1 Å². The first-order valence-electron chi connectivity index (χ1n) is 6.59. The van der Waals surface area contributed by atoms with Crippen LogP contribution in [0.15, 0.2) is 12.5 Å². The summed E-state index contributed by atoms with van der Waals surface area (Å²) in [5, 5.41) is -0.111. The highest BCUT2D eigenvalue weighted by Crippen LogP contribution is 2.31. The molecule has 19 heavy (non-hydrogen) atoms. The van der Waals surface area contributed by atoms with E-state index in [0.29, 0.717) is 26.2 Å². The molecule has 6 nitrogen and oxygen atoms in total. The Bertz CT molecular complexity index is 563. The summed E-state index contributed by atoms with van der Waals surface area (Å²) < 4.78 is 25.9. The van der Waals surface area contributed by atoms with Crippen LogP contribution in [0.3, 0.4) is 0 Å². The second kappa shape index (κ2) is 4.72. The van der Waals surface area contributed by atoms with Crippen molar-refractivity contribution in [2.45, 2.75) is 25.0 Å². The predicted molar refractivity (Wildman–Crippen MR) is 72.5 cm³/mol. The molecular formula is C12H18N4O2S. The summed E-state index contributed by atoms with van der Waals surface area (Å²) in [4.78, 5) is 10.4. The molecule has 0 amide bonds. The molecule has 0 aromatic carbocycles. The van der Waals surface area contributed by atoms with Crippen LogP contribution in [0, 0.1) is 6.92 Å². The van der Waals surface area contributed by atoms with Crippen LogP contribution in [-0.4, -0.2) is 54.1 Å². The molecule has 1 saturated heterocycles. The quantitative estimate of drug-likeness (QED) is 0.803. The number of nitrogens with zero attached hydrogens (tertiary/aromatic N) is 4. The number of rotatable bonds is 3. The van der Waals surface area contributed by atoms with E-state index < -0.39 is 10.0 Å². The summed E-state index contributed by atoms with van der Waals surface area (Å²) in [5.41, 5.74) is 1.03. The molecule has 0 N–H and O–H groups in total. The van der Waals surface area contributed by atoms with E-state index in [-0.39, 0.29) is 5.25 Å². The molecule has 7 heteroatoms. The maximum Gasteiger partial charge on any atom is 0.217 e. The number of aromatic nitrogens is 2. The molecule has 1 aromatic heterocycles. The summed E-state index contributed by atoms with van der Waals surface area (Å²) in [6.45, 7) is 4.49. The van der Waals surface area contributed by atoms with Crippen molar-refractivity contribution in [1.82, 2.24) is 14.3 Å². The fourth-order valence-electron chi connectivity index (χ4n) is 2.45. The first-order valence-corrected chi connectivity index (χ1v) is 8.10. The zero-order chi connectivity index (χ0) is 13.5. The molecule has 2 fully saturated rings. The molecule has 0 bridgehead atoms. The second-order valence-electron chi connectivity index (χ2n) is 5.16. The van der Waals surface area contributed by atoms with E-state index in [2.05, 4.69) is 14.9 Å². The van der Waals surface area contributed by atoms with E-state index in [1.54, 1.807) is 10.5 Å². The lowest BCUT2D eigenvalue weighted by Crippen LogP contribution is -2.50. The van der Waals surface area contributed by atoms with Crippen molar-refractivity contribution in [3.05, 3.63) is 18.1 Å². The standard InChI is InChI=1S/C12H18N4O2S/c1-10-8-13-9-14-12(10)15-4-6-16(7-5-15)19(17,18)11-2-3-11/h8-9,11H,2-7H2,1H3. The summed E-state index contributed by atoms with van der Waals surface area (Å²) in [7, 11) is -3.03. The Morgan fingerprint density at radius 1 is 1.21 bits per heavy atom. The molecular weight excluding hydrogens is 264 g/mol. The van der Waals surface area contributed by atoms with E-state index in [1.807, 2.05) is 6.92 Å². The zero-order valence-electron chi connectivity index (χ0n) is 11.0. The van der Waals surface area contributed by atoms with Gasteiger partial charge in [0, 0.05) is 37.9 Å². The lowest BCUT2D eigenvalue weighted by atomic mass is 10.3.